The van der Waals surface area contributed by atoms with Crippen LogP contribution < -0.4 is 10.6 Å². The van der Waals surface area contributed by atoms with Crippen molar-refractivity contribution in [3.05, 3.63) is 74.7 Å². The molecule has 0 aliphatic rings. The number of nitrogens with zero attached hydrogens (tertiary/aromatic N) is 2. The predicted molar refractivity (Wildman–Crippen MR) is 102 cm³/mol. The van der Waals surface area contributed by atoms with Gasteiger partial charge in [-0.1, -0.05) is 35.1 Å². The normalized spacial score (nSPS) is 10.4. The summed E-state index contributed by atoms with van der Waals surface area (Å²) in [6, 6.07) is 13.9. The molecular weight excluding hydrogens is 372 g/mol. The van der Waals surface area contributed by atoms with Crippen molar-refractivity contribution in [2.45, 2.75) is 13.5 Å². The summed E-state index contributed by atoms with van der Waals surface area (Å²) < 4.78 is 0. The molecule has 0 atom stereocenters. The fourth-order valence-electron chi connectivity index (χ4n) is 2.21. The molecule has 6 nitrogen and oxygen atoms in total. The number of aromatic nitrogens is 2. The first-order valence-corrected chi connectivity index (χ1v) is 8.95. The Balaban J connectivity index is 1.58. The van der Waals surface area contributed by atoms with Gasteiger partial charge in [0.25, 0.3) is 11.8 Å². The standard InChI is InChI=1S/C18H15ClN4O2S/c1-11-22-23-18(26-11)17(25)21-15-7-5-13(6-8-15)16(24)20-10-12-3-2-4-14(19)9-12/h2-9H,10H2,1H3,(H,20,24)(H,21,25). The highest BCUT2D eigenvalue weighted by Crippen LogP contribution is 2.14. The van der Waals surface area contributed by atoms with Gasteiger partial charge in [-0.25, -0.2) is 0 Å². The van der Waals surface area contributed by atoms with Gasteiger partial charge in [0.2, 0.25) is 5.01 Å². The van der Waals surface area contributed by atoms with Crippen LogP contribution in [0.4, 0.5) is 5.69 Å². The molecule has 2 aromatic carbocycles. The van der Waals surface area contributed by atoms with Gasteiger partial charge in [-0.05, 0) is 48.9 Å². The third kappa shape index (κ3) is 4.65. The van der Waals surface area contributed by atoms with E-state index < -0.39 is 0 Å². The zero-order chi connectivity index (χ0) is 18.5. The number of carbonyl (C=O) groups excluding carboxylic acids is 2. The Labute approximate surface area is 159 Å². The molecule has 1 aromatic heterocycles. The van der Waals surface area contributed by atoms with E-state index in [0.29, 0.717) is 27.8 Å². The van der Waals surface area contributed by atoms with E-state index in [1.807, 2.05) is 12.1 Å². The smallest absolute Gasteiger partial charge is 0.286 e. The van der Waals surface area contributed by atoms with Gasteiger partial charge >= 0.3 is 0 Å². The first kappa shape index (κ1) is 18.0. The van der Waals surface area contributed by atoms with E-state index in [2.05, 4.69) is 20.8 Å². The van der Waals surface area contributed by atoms with E-state index in [1.165, 1.54) is 11.3 Å². The molecule has 2 N–H and O–H groups in total. The van der Waals surface area contributed by atoms with E-state index in [4.69, 9.17) is 11.6 Å². The van der Waals surface area contributed by atoms with Crippen molar-refractivity contribution in [2.75, 3.05) is 5.32 Å². The van der Waals surface area contributed by atoms with Gasteiger partial charge in [-0.3, -0.25) is 9.59 Å². The molecule has 132 valence electrons. The monoisotopic (exact) mass is 386 g/mol. The van der Waals surface area contributed by atoms with Crippen LogP contribution in [-0.4, -0.2) is 22.0 Å². The van der Waals surface area contributed by atoms with Gasteiger partial charge in [0, 0.05) is 22.8 Å². The van der Waals surface area contributed by atoms with Crippen LogP contribution in [0, 0.1) is 6.92 Å². The summed E-state index contributed by atoms with van der Waals surface area (Å²) in [6.07, 6.45) is 0. The first-order chi connectivity index (χ1) is 12.5. The van der Waals surface area contributed by atoms with Crippen LogP contribution in [0.1, 0.15) is 30.7 Å². The van der Waals surface area contributed by atoms with Crippen molar-refractivity contribution in [3.63, 3.8) is 0 Å². The number of rotatable bonds is 5. The topological polar surface area (TPSA) is 84.0 Å². The Morgan fingerprint density at radius 1 is 1.08 bits per heavy atom. The van der Waals surface area contributed by atoms with Gasteiger partial charge in [-0.2, -0.15) is 0 Å². The lowest BCUT2D eigenvalue weighted by molar-refractivity contribution is 0.0950. The number of anilines is 1. The minimum absolute atomic E-state index is 0.206. The van der Waals surface area contributed by atoms with Crippen LogP contribution >= 0.6 is 22.9 Å². The summed E-state index contributed by atoms with van der Waals surface area (Å²) in [6.45, 7) is 2.17. The van der Waals surface area contributed by atoms with Crippen molar-refractivity contribution in [1.82, 2.24) is 15.5 Å². The SMILES string of the molecule is Cc1nnc(C(=O)Nc2ccc(C(=O)NCc3cccc(Cl)c3)cc2)s1. The van der Waals surface area contributed by atoms with Crippen molar-refractivity contribution in [3.8, 4) is 0 Å². The Morgan fingerprint density at radius 2 is 1.85 bits per heavy atom. The minimum atomic E-state index is -0.325. The number of halogens is 1. The quantitative estimate of drug-likeness (QED) is 0.700. The lowest BCUT2D eigenvalue weighted by Gasteiger charge is -2.07. The van der Waals surface area contributed by atoms with E-state index >= 15 is 0 Å². The predicted octanol–water partition coefficient (Wildman–Crippen LogP) is 3.68. The van der Waals surface area contributed by atoms with Gasteiger partial charge in [-0.15, -0.1) is 10.2 Å². The molecule has 0 aliphatic heterocycles. The Kier molecular flexibility index (Phi) is 5.60. The van der Waals surface area contributed by atoms with E-state index in [1.54, 1.807) is 43.3 Å². The van der Waals surface area contributed by atoms with E-state index in [-0.39, 0.29) is 11.8 Å². The molecule has 2 amide bonds. The third-order valence-electron chi connectivity index (χ3n) is 3.47. The van der Waals surface area contributed by atoms with Gasteiger partial charge in [0.1, 0.15) is 5.01 Å². The maximum absolute atomic E-state index is 12.2. The fourth-order valence-corrected chi connectivity index (χ4v) is 3.01. The number of hydrogen-bond donors (Lipinski definition) is 2. The molecule has 1 heterocycles. The number of hydrogen-bond acceptors (Lipinski definition) is 5. The molecular formula is C18H15ClN4O2S. The number of aryl methyl sites for hydroxylation is 1. The van der Waals surface area contributed by atoms with Gasteiger partial charge in [0.15, 0.2) is 0 Å². The molecule has 0 saturated heterocycles. The number of amides is 2. The second-order valence-corrected chi connectivity index (χ2v) is 7.09. The summed E-state index contributed by atoms with van der Waals surface area (Å²) >= 11 is 7.15. The van der Waals surface area contributed by atoms with Crippen LogP contribution in [0.3, 0.4) is 0 Å². The summed E-state index contributed by atoms with van der Waals surface area (Å²) in [4.78, 5) is 24.3. The largest absolute Gasteiger partial charge is 0.348 e. The van der Waals surface area contributed by atoms with Crippen LogP contribution in [0.5, 0.6) is 0 Å². The third-order valence-corrected chi connectivity index (χ3v) is 4.54. The van der Waals surface area contributed by atoms with Gasteiger partial charge in [0.05, 0.1) is 0 Å². The molecule has 3 aromatic rings. The molecule has 0 aliphatic carbocycles. The molecule has 0 saturated carbocycles. The van der Waals surface area contributed by atoms with Crippen LogP contribution in [0.2, 0.25) is 5.02 Å². The second-order valence-electron chi connectivity index (χ2n) is 5.47. The Bertz CT molecular complexity index is 940. The number of nitrogens with one attached hydrogen (secondary N) is 2. The molecule has 0 unspecified atom stereocenters. The summed E-state index contributed by atoms with van der Waals surface area (Å²) in [7, 11) is 0. The number of carbonyl (C=O) groups is 2. The van der Waals surface area contributed by atoms with Crippen LogP contribution in [-0.2, 0) is 6.54 Å². The van der Waals surface area contributed by atoms with E-state index in [9.17, 15) is 9.59 Å². The van der Waals surface area contributed by atoms with E-state index in [0.717, 1.165) is 10.6 Å². The second kappa shape index (κ2) is 8.07. The van der Waals surface area contributed by atoms with Crippen LogP contribution in [0.15, 0.2) is 48.5 Å². The van der Waals surface area contributed by atoms with Gasteiger partial charge < -0.3 is 10.6 Å². The highest BCUT2D eigenvalue weighted by Gasteiger charge is 2.12. The van der Waals surface area contributed by atoms with Crippen LogP contribution in [0.25, 0.3) is 0 Å². The molecule has 0 fully saturated rings. The van der Waals surface area contributed by atoms with Crippen molar-refractivity contribution in [2.24, 2.45) is 0 Å². The van der Waals surface area contributed by atoms with Crippen molar-refractivity contribution < 1.29 is 9.59 Å². The molecule has 8 heteroatoms. The van der Waals surface area contributed by atoms with Crippen molar-refractivity contribution in [1.29, 1.82) is 0 Å². The summed E-state index contributed by atoms with van der Waals surface area (Å²) in [5, 5.41) is 14.8. The maximum atomic E-state index is 12.2. The zero-order valence-electron chi connectivity index (χ0n) is 13.8. The molecule has 0 bridgehead atoms. The maximum Gasteiger partial charge on any atom is 0.286 e. The number of benzene rings is 2. The first-order valence-electron chi connectivity index (χ1n) is 7.75. The zero-order valence-corrected chi connectivity index (χ0v) is 15.4. The molecule has 3 rings (SSSR count). The molecule has 0 radical (unpaired) electrons. The average Bonchev–Trinajstić information content (AvgIpc) is 3.07. The summed E-state index contributed by atoms with van der Waals surface area (Å²) in [5.41, 5.74) is 1.99. The highest BCUT2D eigenvalue weighted by atomic mass is 35.5. The Hall–Kier alpha value is -2.77. The lowest BCUT2D eigenvalue weighted by Crippen LogP contribution is -2.22. The fraction of sp³-hybridized carbons (Fsp3) is 0.111. The Morgan fingerprint density at radius 3 is 2.50 bits per heavy atom. The lowest BCUT2D eigenvalue weighted by atomic mass is 10.1. The van der Waals surface area contributed by atoms with Crippen molar-refractivity contribution >= 4 is 40.4 Å². The minimum Gasteiger partial charge on any atom is -0.348 e. The highest BCUT2D eigenvalue weighted by molar-refractivity contribution is 7.13. The summed E-state index contributed by atoms with van der Waals surface area (Å²) in [5.74, 6) is -0.531. The molecule has 26 heavy (non-hydrogen) atoms. The molecule has 0 spiro atoms. The average molecular weight is 387 g/mol.